The first-order valence-electron chi connectivity index (χ1n) is 10.7. The van der Waals surface area contributed by atoms with Crippen LogP contribution in [-0.2, 0) is 14.3 Å². The Morgan fingerprint density at radius 1 is 1.25 bits per heavy atom. The predicted molar refractivity (Wildman–Crippen MR) is 117 cm³/mol. The fraction of sp³-hybridized carbons (Fsp3) is 0.478. The van der Waals surface area contributed by atoms with Crippen molar-refractivity contribution in [3.63, 3.8) is 0 Å². The zero-order valence-electron chi connectivity index (χ0n) is 18.2. The fourth-order valence-electron chi connectivity index (χ4n) is 3.83. The number of nitriles is 1. The minimum atomic E-state index is -1.14. The van der Waals surface area contributed by atoms with Crippen molar-refractivity contribution in [1.82, 2.24) is 0 Å². The van der Waals surface area contributed by atoms with E-state index in [9.17, 15) is 24.8 Å². The number of unbranched alkanes of at least 4 members (excludes halogenated alkanes) is 2. The minimum Gasteiger partial charge on any atom is -0.481 e. The monoisotopic (exact) mass is 441 g/mol. The lowest BCUT2D eigenvalue weighted by atomic mass is 9.74. The van der Waals surface area contributed by atoms with E-state index in [1.165, 1.54) is 24.3 Å². The average molecular weight is 441 g/mol. The lowest BCUT2D eigenvalue weighted by Gasteiger charge is -2.32. The SMILES string of the molecule is CCCCCC1=C(C(=O)OCCC#N)C(c2ccc([N+](=O)[O-])cc2)C(C(=O)O)C(CC)=N1. The first-order valence-corrected chi connectivity index (χ1v) is 10.7. The number of hydrogen-bond acceptors (Lipinski definition) is 7. The molecule has 2 unspecified atom stereocenters. The third-order valence-corrected chi connectivity index (χ3v) is 5.37. The summed E-state index contributed by atoms with van der Waals surface area (Å²) in [4.78, 5) is 40.4. The molecule has 0 saturated carbocycles. The maximum absolute atomic E-state index is 13.1. The normalized spacial score (nSPS) is 18.0. The standard InChI is InChI=1S/C23H27N3O6/c1-3-5-6-8-18-21(23(29)32-14-7-13-24)19(20(22(27)28)17(4-2)25-18)15-9-11-16(12-10-15)26(30)31/h9-12,19-20H,3-8,14H2,1-2H3,(H,27,28). The van der Waals surface area contributed by atoms with Crippen LogP contribution in [0.15, 0.2) is 40.5 Å². The molecule has 0 aromatic heterocycles. The number of aliphatic imine (C=N–C) groups is 1. The van der Waals surface area contributed by atoms with Gasteiger partial charge in [0.05, 0.1) is 28.7 Å². The van der Waals surface area contributed by atoms with Crippen LogP contribution in [0.3, 0.4) is 0 Å². The van der Waals surface area contributed by atoms with Crippen LogP contribution in [0.1, 0.15) is 63.9 Å². The van der Waals surface area contributed by atoms with Gasteiger partial charge < -0.3 is 9.84 Å². The van der Waals surface area contributed by atoms with Crippen LogP contribution < -0.4 is 0 Å². The number of nitrogens with zero attached hydrogens (tertiary/aromatic N) is 3. The topological polar surface area (TPSA) is 143 Å². The van der Waals surface area contributed by atoms with Gasteiger partial charge in [-0.2, -0.15) is 5.26 Å². The highest BCUT2D eigenvalue weighted by Crippen LogP contribution is 2.42. The number of carboxylic acid groups (broad SMARTS) is 1. The molecule has 9 nitrogen and oxygen atoms in total. The number of carbonyl (C=O) groups excluding carboxylic acids is 1. The molecule has 0 radical (unpaired) electrons. The Bertz CT molecular complexity index is 959. The van der Waals surface area contributed by atoms with Crippen LogP contribution in [0, 0.1) is 27.4 Å². The number of ether oxygens (including phenoxy) is 1. The Morgan fingerprint density at radius 2 is 1.94 bits per heavy atom. The van der Waals surface area contributed by atoms with Crippen LogP contribution >= 0.6 is 0 Å². The molecule has 1 aromatic carbocycles. The van der Waals surface area contributed by atoms with Gasteiger partial charge in [-0.1, -0.05) is 38.8 Å². The van der Waals surface area contributed by atoms with Gasteiger partial charge in [-0.3, -0.25) is 19.9 Å². The number of nitro groups is 1. The Kier molecular flexibility index (Phi) is 9.08. The van der Waals surface area contributed by atoms with Crippen molar-refractivity contribution < 1.29 is 24.4 Å². The lowest BCUT2D eigenvalue weighted by molar-refractivity contribution is -0.384. The molecule has 32 heavy (non-hydrogen) atoms. The summed E-state index contributed by atoms with van der Waals surface area (Å²) in [7, 11) is 0. The van der Waals surface area contributed by atoms with Crippen LogP contribution in [-0.4, -0.2) is 34.3 Å². The van der Waals surface area contributed by atoms with Crippen LogP contribution in [0.5, 0.6) is 0 Å². The highest BCUT2D eigenvalue weighted by atomic mass is 16.6. The highest BCUT2D eigenvalue weighted by molar-refractivity contribution is 6.07. The average Bonchev–Trinajstić information content (AvgIpc) is 2.78. The molecular formula is C23H27N3O6. The molecule has 9 heteroatoms. The summed E-state index contributed by atoms with van der Waals surface area (Å²) in [5, 5.41) is 29.8. The number of esters is 1. The molecule has 0 aliphatic carbocycles. The van der Waals surface area contributed by atoms with Crippen LogP contribution in [0.2, 0.25) is 0 Å². The Hall–Kier alpha value is -3.54. The molecular weight excluding hydrogens is 414 g/mol. The molecule has 0 bridgehead atoms. The molecule has 0 spiro atoms. The van der Waals surface area contributed by atoms with Crippen molar-refractivity contribution in [2.75, 3.05) is 6.61 Å². The van der Waals surface area contributed by atoms with E-state index in [-0.39, 0.29) is 24.3 Å². The van der Waals surface area contributed by atoms with Gasteiger partial charge in [0.2, 0.25) is 0 Å². The van der Waals surface area contributed by atoms with Gasteiger partial charge in [0.1, 0.15) is 12.5 Å². The first-order chi connectivity index (χ1) is 15.3. The number of allylic oxidation sites excluding steroid dienone is 1. The third kappa shape index (κ3) is 5.78. The number of aliphatic carboxylic acids is 1. The summed E-state index contributed by atoms with van der Waals surface area (Å²) < 4.78 is 5.28. The summed E-state index contributed by atoms with van der Waals surface area (Å²) in [5.41, 5.74) is 1.41. The van der Waals surface area contributed by atoms with Crippen molar-refractivity contribution in [2.45, 2.75) is 58.3 Å². The number of carbonyl (C=O) groups is 2. The molecule has 170 valence electrons. The van der Waals surface area contributed by atoms with E-state index in [0.29, 0.717) is 29.8 Å². The van der Waals surface area contributed by atoms with Gasteiger partial charge in [0, 0.05) is 23.8 Å². The van der Waals surface area contributed by atoms with E-state index >= 15 is 0 Å². The zero-order valence-corrected chi connectivity index (χ0v) is 18.2. The second-order valence-corrected chi connectivity index (χ2v) is 7.46. The quantitative estimate of drug-likeness (QED) is 0.230. The van der Waals surface area contributed by atoms with Gasteiger partial charge in [0.15, 0.2) is 0 Å². The number of non-ortho nitro benzene ring substituents is 1. The largest absolute Gasteiger partial charge is 0.481 e. The second kappa shape index (κ2) is 11.7. The minimum absolute atomic E-state index is 0.0121. The van der Waals surface area contributed by atoms with E-state index in [1.54, 1.807) is 0 Å². The number of nitro benzene ring substituents is 1. The highest BCUT2D eigenvalue weighted by Gasteiger charge is 2.43. The number of rotatable bonds is 11. The summed E-state index contributed by atoms with van der Waals surface area (Å²) in [5.74, 6) is -3.84. The zero-order chi connectivity index (χ0) is 23.7. The number of hydrogen-bond donors (Lipinski definition) is 1. The number of carboxylic acids is 1. The van der Waals surface area contributed by atoms with Crippen LogP contribution in [0.4, 0.5) is 5.69 Å². The Labute approximate surface area is 186 Å². The molecule has 1 aliphatic rings. The van der Waals surface area contributed by atoms with Crippen molar-refractivity contribution in [3.8, 4) is 6.07 Å². The molecule has 2 atom stereocenters. The maximum Gasteiger partial charge on any atom is 0.336 e. The Balaban J connectivity index is 2.64. The molecule has 2 rings (SSSR count). The lowest BCUT2D eigenvalue weighted by Crippen LogP contribution is -2.36. The molecule has 1 aliphatic heterocycles. The second-order valence-electron chi connectivity index (χ2n) is 7.46. The smallest absolute Gasteiger partial charge is 0.336 e. The van der Waals surface area contributed by atoms with E-state index in [2.05, 4.69) is 4.99 Å². The van der Waals surface area contributed by atoms with Crippen molar-refractivity contribution in [1.29, 1.82) is 5.26 Å². The van der Waals surface area contributed by atoms with E-state index in [1.807, 2.05) is 19.9 Å². The van der Waals surface area contributed by atoms with E-state index in [4.69, 9.17) is 10.00 Å². The summed E-state index contributed by atoms with van der Waals surface area (Å²) in [6, 6.07) is 7.44. The Morgan fingerprint density at radius 3 is 2.47 bits per heavy atom. The van der Waals surface area contributed by atoms with E-state index in [0.717, 1.165) is 19.3 Å². The fourth-order valence-corrected chi connectivity index (χ4v) is 3.83. The first kappa shape index (κ1) is 24.7. The van der Waals surface area contributed by atoms with Gasteiger partial charge in [0.25, 0.3) is 5.69 Å². The van der Waals surface area contributed by atoms with Crippen molar-refractivity contribution >= 4 is 23.3 Å². The van der Waals surface area contributed by atoms with Gasteiger partial charge >= 0.3 is 11.9 Å². The maximum atomic E-state index is 13.1. The predicted octanol–water partition coefficient (Wildman–Crippen LogP) is 4.54. The van der Waals surface area contributed by atoms with Crippen molar-refractivity contribution in [2.24, 2.45) is 10.9 Å². The van der Waals surface area contributed by atoms with Crippen molar-refractivity contribution in [3.05, 3.63) is 51.2 Å². The molecule has 0 fully saturated rings. The van der Waals surface area contributed by atoms with E-state index < -0.39 is 28.7 Å². The van der Waals surface area contributed by atoms with Gasteiger partial charge in [-0.15, -0.1) is 0 Å². The molecule has 1 N–H and O–H groups in total. The molecule has 1 aromatic rings. The molecule has 0 saturated heterocycles. The summed E-state index contributed by atoms with van der Waals surface area (Å²) >= 11 is 0. The molecule has 0 amide bonds. The number of benzene rings is 1. The summed E-state index contributed by atoms with van der Waals surface area (Å²) in [6.07, 6.45) is 3.53. The van der Waals surface area contributed by atoms with Crippen LogP contribution in [0.25, 0.3) is 0 Å². The summed E-state index contributed by atoms with van der Waals surface area (Å²) in [6.45, 7) is 3.74. The molecule has 1 heterocycles. The van der Waals surface area contributed by atoms with Gasteiger partial charge in [-0.05, 0) is 24.8 Å². The third-order valence-electron chi connectivity index (χ3n) is 5.37. The van der Waals surface area contributed by atoms with Gasteiger partial charge in [-0.25, -0.2) is 4.79 Å².